The van der Waals surface area contributed by atoms with Crippen molar-refractivity contribution in [3.63, 3.8) is 0 Å². The van der Waals surface area contributed by atoms with Gasteiger partial charge in [-0.1, -0.05) is 6.07 Å². The molecule has 2 nitrogen and oxygen atoms in total. The van der Waals surface area contributed by atoms with Gasteiger partial charge in [0.15, 0.2) is 0 Å². The van der Waals surface area contributed by atoms with E-state index in [-0.39, 0.29) is 0 Å². The van der Waals surface area contributed by atoms with E-state index in [1.54, 1.807) is 12.4 Å². The number of nitrogens with zero attached hydrogens (tertiary/aromatic N) is 2. The van der Waals surface area contributed by atoms with Crippen molar-refractivity contribution in [3.8, 4) is 11.3 Å². The Hall–Kier alpha value is -1.22. The average Bonchev–Trinajstić information content (AvgIpc) is 2.23. The van der Waals surface area contributed by atoms with Gasteiger partial charge >= 0.3 is 0 Å². The minimum Gasteiger partial charge on any atom is -0.263 e. The summed E-state index contributed by atoms with van der Waals surface area (Å²) in [5.74, 6) is 0. The highest BCUT2D eigenvalue weighted by Crippen LogP contribution is 2.25. The molecule has 0 aromatic carbocycles. The summed E-state index contributed by atoms with van der Waals surface area (Å²) in [5.41, 5.74) is 3.19. The lowest BCUT2D eigenvalue weighted by Crippen LogP contribution is -1.88. The molecule has 2 rings (SSSR count). The van der Waals surface area contributed by atoms with Crippen LogP contribution in [-0.2, 0) is 0 Å². The van der Waals surface area contributed by atoms with E-state index < -0.39 is 0 Å². The molecular formula is C11H9BrN2. The van der Waals surface area contributed by atoms with E-state index >= 15 is 0 Å². The third-order valence-electron chi connectivity index (χ3n) is 2.09. The molecule has 0 amide bonds. The Bertz CT molecular complexity index is 440. The molecule has 0 bridgehead atoms. The SMILES string of the molecule is Cc1c(Br)cncc1-c1ccccn1. The Kier molecular flexibility index (Phi) is 2.59. The summed E-state index contributed by atoms with van der Waals surface area (Å²) in [6.45, 7) is 2.05. The Balaban J connectivity index is 2.58. The van der Waals surface area contributed by atoms with E-state index in [1.165, 1.54) is 5.56 Å². The van der Waals surface area contributed by atoms with Crippen molar-refractivity contribution in [1.82, 2.24) is 9.97 Å². The molecule has 2 heterocycles. The molecule has 0 N–H and O–H groups in total. The monoisotopic (exact) mass is 248 g/mol. The Labute approximate surface area is 91.2 Å². The van der Waals surface area contributed by atoms with Crippen molar-refractivity contribution in [2.24, 2.45) is 0 Å². The van der Waals surface area contributed by atoms with Gasteiger partial charge in [0.1, 0.15) is 0 Å². The molecule has 0 fully saturated rings. The lowest BCUT2D eigenvalue weighted by Gasteiger charge is -2.05. The second kappa shape index (κ2) is 3.88. The zero-order valence-electron chi connectivity index (χ0n) is 7.74. The van der Waals surface area contributed by atoms with Crippen LogP contribution < -0.4 is 0 Å². The van der Waals surface area contributed by atoms with E-state index in [0.717, 1.165) is 15.7 Å². The predicted molar refractivity (Wildman–Crippen MR) is 59.9 cm³/mol. The fourth-order valence-electron chi connectivity index (χ4n) is 1.28. The lowest BCUT2D eigenvalue weighted by molar-refractivity contribution is 1.23. The van der Waals surface area contributed by atoms with Gasteiger partial charge in [0.05, 0.1) is 5.69 Å². The molecule has 14 heavy (non-hydrogen) atoms. The van der Waals surface area contributed by atoms with Crippen molar-refractivity contribution in [2.45, 2.75) is 6.92 Å². The number of halogens is 1. The van der Waals surface area contributed by atoms with Gasteiger partial charge in [-0.15, -0.1) is 0 Å². The Morgan fingerprint density at radius 2 is 2.07 bits per heavy atom. The summed E-state index contributed by atoms with van der Waals surface area (Å²) in [6, 6.07) is 5.86. The zero-order chi connectivity index (χ0) is 9.97. The third-order valence-corrected chi connectivity index (χ3v) is 2.89. The first-order valence-electron chi connectivity index (χ1n) is 4.30. The second-order valence-corrected chi connectivity index (χ2v) is 3.86. The highest BCUT2D eigenvalue weighted by atomic mass is 79.9. The predicted octanol–water partition coefficient (Wildman–Crippen LogP) is 3.21. The number of hydrogen-bond donors (Lipinski definition) is 0. The molecule has 0 atom stereocenters. The molecule has 3 heteroatoms. The average molecular weight is 249 g/mol. The summed E-state index contributed by atoms with van der Waals surface area (Å²) >= 11 is 3.45. The van der Waals surface area contributed by atoms with Crippen LogP contribution in [0.4, 0.5) is 0 Å². The van der Waals surface area contributed by atoms with Crippen LogP contribution in [0.25, 0.3) is 11.3 Å². The zero-order valence-corrected chi connectivity index (χ0v) is 9.32. The maximum Gasteiger partial charge on any atom is 0.0720 e. The minimum atomic E-state index is 0.957. The van der Waals surface area contributed by atoms with Crippen LogP contribution in [0.3, 0.4) is 0 Å². The molecule has 0 unspecified atom stereocenters. The largest absolute Gasteiger partial charge is 0.263 e. The molecule has 0 saturated carbocycles. The van der Waals surface area contributed by atoms with Crippen molar-refractivity contribution in [1.29, 1.82) is 0 Å². The smallest absolute Gasteiger partial charge is 0.0720 e. The first-order valence-corrected chi connectivity index (χ1v) is 5.10. The standard InChI is InChI=1S/C11H9BrN2/c1-8-9(6-13-7-10(8)12)11-4-2-3-5-14-11/h2-7H,1H3. The van der Waals surface area contributed by atoms with Crippen LogP contribution in [0.1, 0.15) is 5.56 Å². The third kappa shape index (κ3) is 1.68. The molecule has 2 aromatic rings. The number of pyridine rings is 2. The van der Waals surface area contributed by atoms with Gasteiger partial charge in [0.2, 0.25) is 0 Å². The van der Waals surface area contributed by atoms with Gasteiger partial charge in [-0.3, -0.25) is 9.97 Å². The normalized spacial score (nSPS) is 10.1. The van der Waals surface area contributed by atoms with Crippen LogP contribution in [-0.4, -0.2) is 9.97 Å². The molecule has 0 aliphatic rings. The fraction of sp³-hybridized carbons (Fsp3) is 0.0909. The Morgan fingerprint density at radius 1 is 1.21 bits per heavy atom. The van der Waals surface area contributed by atoms with Gasteiger partial charge in [-0.25, -0.2) is 0 Å². The molecule has 70 valence electrons. The number of aromatic nitrogens is 2. The van der Waals surface area contributed by atoms with E-state index in [2.05, 4.69) is 32.8 Å². The molecule has 0 aliphatic carbocycles. The van der Waals surface area contributed by atoms with Gasteiger partial charge in [-0.05, 0) is 40.5 Å². The molecule has 2 aromatic heterocycles. The summed E-state index contributed by atoms with van der Waals surface area (Å²) in [6.07, 6.45) is 5.42. The van der Waals surface area contributed by atoms with Gasteiger partial charge in [-0.2, -0.15) is 0 Å². The van der Waals surface area contributed by atoms with E-state index in [1.807, 2.05) is 24.4 Å². The number of rotatable bonds is 1. The van der Waals surface area contributed by atoms with Crippen LogP contribution in [0.5, 0.6) is 0 Å². The van der Waals surface area contributed by atoms with E-state index in [9.17, 15) is 0 Å². The van der Waals surface area contributed by atoms with Crippen LogP contribution >= 0.6 is 15.9 Å². The lowest BCUT2D eigenvalue weighted by atomic mass is 10.1. The van der Waals surface area contributed by atoms with Crippen LogP contribution in [0.15, 0.2) is 41.3 Å². The Morgan fingerprint density at radius 3 is 2.79 bits per heavy atom. The number of hydrogen-bond acceptors (Lipinski definition) is 2. The molecular weight excluding hydrogens is 240 g/mol. The molecule has 0 radical (unpaired) electrons. The van der Waals surface area contributed by atoms with Crippen LogP contribution in [0.2, 0.25) is 0 Å². The molecule has 0 saturated heterocycles. The summed E-state index contributed by atoms with van der Waals surface area (Å²) in [5, 5.41) is 0. The van der Waals surface area contributed by atoms with Crippen molar-refractivity contribution >= 4 is 15.9 Å². The minimum absolute atomic E-state index is 0.957. The van der Waals surface area contributed by atoms with Crippen LogP contribution in [0, 0.1) is 6.92 Å². The van der Waals surface area contributed by atoms with Gasteiger partial charge < -0.3 is 0 Å². The highest BCUT2D eigenvalue weighted by Gasteiger charge is 2.05. The maximum atomic E-state index is 4.29. The van der Waals surface area contributed by atoms with Gasteiger partial charge in [0.25, 0.3) is 0 Å². The quantitative estimate of drug-likeness (QED) is 0.775. The summed E-state index contributed by atoms with van der Waals surface area (Å²) < 4.78 is 1.01. The van der Waals surface area contributed by atoms with E-state index in [4.69, 9.17) is 0 Å². The van der Waals surface area contributed by atoms with Crippen molar-refractivity contribution in [3.05, 3.63) is 46.8 Å². The van der Waals surface area contributed by atoms with Crippen molar-refractivity contribution < 1.29 is 0 Å². The highest BCUT2D eigenvalue weighted by molar-refractivity contribution is 9.10. The summed E-state index contributed by atoms with van der Waals surface area (Å²) in [7, 11) is 0. The first-order chi connectivity index (χ1) is 6.79. The first kappa shape index (κ1) is 9.34. The maximum absolute atomic E-state index is 4.29. The fourth-order valence-corrected chi connectivity index (χ4v) is 1.61. The van der Waals surface area contributed by atoms with E-state index in [0.29, 0.717) is 0 Å². The van der Waals surface area contributed by atoms with Crippen molar-refractivity contribution in [2.75, 3.05) is 0 Å². The molecule has 0 spiro atoms. The molecule has 0 aliphatic heterocycles. The summed E-state index contributed by atoms with van der Waals surface area (Å²) in [4.78, 5) is 8.42. The van der Waals surface area contributed by atoms with Gasteiger partial charge in [0, 0.05) is 28.6 Å². The topological polar surface area (TPSA) is 25.8 Å². The second-order valence-electron chi connectivity index (χ2n) is 3.01.